The van der Waals surface area contributed by atoms with E-state index in [1.807, 2.05) is 19.2 Å². The predicted molar refractivity (Wildman–Crippen MR) is 114 cm³/mol. The van der Waals surface area contributed by atoms with E-state index in [4.69, 9.17) is 16.3 Å². The molecule has 0 aliphatic carbocycles. The molecular formula is C18H28ClIN4O. The van der Waals surface area contributed by atoms with E-state index in [0.717, 1.165) is 63.5 Å². The van der Waals surface area contributed by atoms with Crippen molar-refractivity contribution in [3.63, 3.8) is 0 Å². The fourth-order valence-corrected chi connectivity index (χ4v) is 3.40. The number of aliphatic imine (C=N–C) groups is 1. The first kappa shape index (κ1) is 20.7. The maximum Gasteiger partial charge on any atom is 0.193 e. The van der Waals surface area contributed by atoms with Crippen molar-refractivity contribution < 1.29 is 4.74 Å². The van der Waals surface area contributed by atoms with E-state index < -0.39 is 0 Å². The van der Waals surface area contributed by atoms with Crippen LogP contribution in [0.3, 0.4) is 0 Å². The van der Waals surface area contributed by atoms with Crippen molar-refractivity contribution in [1.82, 2.24) is 15.1 Å². The zero-order chi connectivity index (χ0) is 17.0. The van der Waals surface area contributed by atoms with Gasteiger partial charge in [0.2, 0.25) is 0 Å². The number of halogens is 2. The van der Waals surface area contributed by atoms with E-state index >= 15 is 0 Å². The molecule has 5 nitrogen and oxygen atoms in total. The minimum absolute atomic E-state index is 0. The Hall–Kier alpha value is -0.570. The van der Waals surface area contributed by atoms with Gasteiger partial charge in [-0.05, 0) is 17.7 Å². The Morgan fingerprint density at radius 2 is 2.00 bits per heavy atom. The fraction of sp³-hybridized carbons (Fsp3) is 0.611. The van der Waals surface area contributed by atoms with Crippen LogP contribution in [0, 0.1) is 5.41 Å². The van der Waals surface area contributed by atoms with Crippen molar-refractivity contribution in [3.05, 3.63) is 34.9 Å². The van der Waals surface area contributed by atoms with Gasteiger partial charge in [0.1, 0.15) is 0 Å². The molecule has 1 N–H and O–H groups in total. The molecule has 2 aliphatic rings. The third kappa shape index (κ3) is 5.70. The van der Waals surface area contributed by atoms with Crippen LogP contribution in [0.4, 0.5) is 0 Å². The Bertz CT molecular complexity index is 586. The summed E-state index contributed by atoms with van der Waals surface area (Å²) in [4.78, 5) is 9.26. The van der Waals surface area contributed by atoms with Crippen molar-refractivity contribution in [1.29, 1.82) is 0 Å². The number of hydrogen-bond acceptors (Lipinski definition) is 3. The van der Waals surface area contributed by atoms with Crippen molar-refractivity contribution in [2.45, 2.75) is 13.5 Å². The molecule has 1 aromatic rings. The average Bonchev–Trinajstić information content (AvgIpc) is 2.55. The van der Waals surface area contributed by atoms with Crippen LogP contribution in [0.5, 0.6) is 0 Å². The Labute approximate surface area is 172 Å². The highest BCUT2D eigenvalue weighted by atomic mass is 127. The third-order valence-electron chi connectivity index (χ3n) is 4.75. The van der Waals surface area contributed by atoms with Gasteiger partial charge in [-0.3, -0.25) is 9.89 Å². The number of nitrogens with one attached hydrogen (secondary N) is 1. The first-order chi connectivity index (χ1) is 11.6. The summed E-state index contributed by atoms with van der Waals surface area (Å²) in [5.74, 6) is 1.01. The molecule has 0 spiro atoms. The Morgan fingerprint density at radius 1 is 1.28 bits per heavy atom. The number of hydrogen-bond donors (Lipinski definition) is 1. The van der Waals surface area contributed by atoms with Crippen LogP contribution in [-0.4, -0.2) is 68.7 Å². The van der Waals surface area contributed by atoms with Gasteiger partial charge in [-0.15, -0.1) is 24.0 Å². The molecule has 2 saturated heterocycles. The Kier molecular flexibility index (Phi) is 7.79. The molecule has 3 rings (SSSR count). The van der Waals surface area contributed by atoms with Crippen LogP contribution < -0.4 is 5.32 Å². The van der Waals surface area contributed by atoms with Crippen LogP contribution in [0.1, 0.15) is 12.5 Å². The molecule has 25 heavy (non-hydrogen) atoms. The summed E-state index contributed by atoms with van der Waals surface area (Å²) < 4.78 is 5.32. The van der Waals surface area contributed by atoms with Crippen LogP contribution in [0.2, 0.25) is 5.02 Å². The molecule has 140 valence electrons. The van der Waals surface area contributed by atoms with E-state index in [1.54, 1.807) is 0 Å². The summed E-state index contributed by atoms with van der Waals surface area (Å²) in [6, 6.07) is 8.13. The maximum atomic E-state index is 6.07. The summed E-state index contributed by atoms with van der Waals surface area (Å²) in [5.41, 5.74) is 1.53. The van der Waals surface area contributed by atoms with Crippen LogP contribution >= 0.6 is 35.6 Å². The predicted octanol–water partition coefficient (Wildman–Crippen LogP) is 2.69. The van der Waals surface area contributed by atoms with Gasteiger partial charge in [0, 0.05) is 56.8 Å². The summed E-state index contributed by atoms with van der Waals surface area (Å²) in [6.45, 7) is 9.86. The molecule has 0 atom stereocenters. The number of rotatable bonds is 4. The molecule has 2 fully saturated rings. The van der Waals surface area contributed by atoms with Gasteiger partial charge in [0.15, 0.2) is 5.96 Å². The van der Waals surface area contributed by atoms with Gasteiger partial charge in [-0.2, -0.15) is 0 Å². The third-order valence-corrected chi connectivity index (χ3v) is 4.99. The van der Waals surface area contributed by atoms with Crippen molar-refractivity contribution in [3.8, 4) is 0 Å². The lowest BCUT2D eigenvalue weighted by molar-refractivity contribution is -0.0973. The lowest BCUT2D eigenvalue weighted by Gasteiger charge is -2.41. The van der Waals surface area contributed by atoms with E-state index in [1.165, 1.54) is 5.56 Å². The second-order valence-electron chi connectivity index (χ2n) is 7.10. The topological polar surface area (TPSA) is 40.1 Å². The first-order valence-corrected chi connectivity index (χ1v) is 8.96. The van der Waals surface area contributed by atoms with Gasteiger partial charge in [0.05, 0.1) is 13.2 Å². The van der Waals surface area contributed by atoms with E-state index in [-0.39, 0.29) is 29.4 Å². The van der Waals surface area contributed by atoms with Crippen LogP contribution in [0.25, 0.3) is 0 Å². The second-order valence-corrected chi connectivity index (χ2v) is 7.53. The van der Waals surface area contributed by atoms with Gasteiger partial charge in [0.25, 0.3) is 0 Å². The molecular weight excluding hydrogens is 451 g/mol. The number of guanidine groups is 1. The SMILES string of the molecule is CN=C(NCC1(C)COC1)N1CCN(Cc2cccc(Cl)c2)CC1.I. The largest absolute Gasteiger partial charge is 0.380 e. The average molecular weight is 479 g/mol. The first-order valence-electron chi connectivity index (χ1n) is 8.58. The van der Waals surface area contributed by atoms with Gasteiger partial charge < -0.3 is 15.0 Å². The maximum absolute atomic E-state index is 6.07. The highest BCUT2D eigenvalue weighted by molar-refractivity contribution is 14.0. The second kappa shape index (κ2) is 9.39. The smallest absolute Gasteiger partial charge is 0.193 e. The zero-order valence-corrected chi connectivity index (χ0v) is 18.1. The van der Waals surface area contributed by atoms with Crippen LogP contribution in [-0.2, 0) is 11.3 Å². The highest BCUT2D eigenvalue weighted by Crippen LogP contribution is 2.25. The molecule has 2 heterocycles. The zero-order valence-electron chi connectivity index (χ0n) is 15.0. The summed E-state index contributed by atoms with van der Waals surface area (Å²) in [6.07, 6.45) is 0. The number of piperazine rings is 1. The number of ether oxygens (including phenoxy) is 1. The fourth-order valence-electron chi connectivity index (χ4n) is 3.19. The van der Waals surface area contributed by atoms with Crippen LogP contribution in [0.15, 0.2) is 29.3 Å². The minimum Gasteiger partial charge on any atom is -0.380 e. The summed E-state index contributed by atoms with van der Waals surface area (Å²) >= 11 is 6.07. The standard InChI is InChI=1S/C18H27ClN4O.HI/c1-18(13-24-14-18)12-21-17(20-2)23-8-6-22(7-9-23)11-15-4-3-5-16(19)10-15;/h3-5,10H,6-9,11-14H2,1-2H3,(H,20,21);1H. The van der Waals surface area contributed by atoms with E-state index in [9.17, 15) is 0 Å². The van der Waals surface area contributed by atoms with E-state index in [2.05, 4.69) is 39.2 Å². The monoisotopic (exact) mass is 478 g/mol. The van der Waals surface area contributed by atoms with Gasteiger partial charge >= 0.3 is 0 Å². The lowest BCUT2D eigenvalue weighted by Crippen LogP contribution is -2.55. The number of nitrogens with zero attached hydrogens (tertiary/aromatic N) is 3. The minimum atomic E-state index is 0. The summed E-state index contributed by atoms with van der Waals surface area (Å²) in [5, 5.41) is 4.32. The number of benzene rings is 1. The van der Waals surface area contributed by atoms with Gasteiger partial charge in [-0.25, -0.2) is 0 Å². The molecule has 0 unspecified atom stereocenters. The Balaban J connectivity index is 0.00000225. The van der Waals surface area contributed by atoms with Gasteiger partial charge in [-0.1, -0.05) is 30.7 Å². The molecule has 0 bridgehead atoms. The molecule has 0 amide bonds. The molecule has 7 heteroatoms. The molecule has 1 aromatic carbocycles. The quantitative estimate of drug-likeness (QED) is 0.410. The molecule has 0 aromatic heterocycles. The molecule has 0 saturated carbocycles. The Morgan fingerprint density at radius 3 is 2.56 bits per heavy atom. The molecule has 2 aliphatic heterocycles. The molecule has 0 radical (unpaired) electrons. The van der Waals surface area contributed by atoms with Crippen molar-refractivity contribution in [2.75, 3.05) is 53.0 Å². The van der Waals surface area contributed by atoms with E-state index in [0.29, 0.717) is 0 Å². The summed E-state index contributed by atoms with van der Waals surface area (Å²) in [7, 11) is 1.86. The van der Waals surface area contributed by atoms with Crippen molar-refractivity contribution in [2.24, 2.45) is 10.4 Å². The highest BCUT2D eigenvalue weighted by Gasteiger charge is 2.33. The normalized spacial score (nSPS) is 20.6. The van der Waals surface area contributed by atoms with Crippen molar-refractivity contribution >= 4 is 41.5 Å². The lowest BCUT2D eigenvalue weighted by atomic mass is 9.89.